The third-order valence-electron chi connectivity index (χ3n) is 9.06. The number of para-hydroxylation sites is 1. The van der Waals surface area contributed by atoms with Gasteiger partial charge < -0.3 is 9.64 Å². The Hall–Kier alpha value is -4.86. The van der Waals surface area contributed by atoms with Crippen LogP contribution in [-0.4, -0.2) is 0 Å². The maximum atomic E-state index is 6.72. The van der Waals surface area contributed by atoms with E-state index < -0.39 is 0 Å². The number of hydrogen-bond acceptors (Lipinski definition) is 3. The zero-order valence-corrected chi connectivity index (χ0v) is 24.2. The second-order valence-corrected chi connectivity index (χ2v) is 12.8. The fraction of sp³-hybridized carbons (Fsp3) is 0.0769. The van der Waals surface area contributed by atoms with E-state index in [4.69, 9.17) is 4.74 Å². The van der Waals surface area contributed by atoms with Crippen LogP contribution in [0.2, 0.25) is 0 Å². The Morgan fingerprint density at radius 1 is 0.619 bits per heavy atom. The van der Waals surface area contributed by atoms with Gasteiger partial charge in [0.25, 0.3) is 0 Å². The van der Waals surface area contributed by atoms with Gasteiger partial charge in [0, 0.05) is 36.8 Å². The molecule has 1 aromatic heterocycles. The van der Waals surface area contributed by atoms with Gasteiger partial charge in [0.2, 0.25) is 0 Å². The lowest BCUT2D eigenvalue weighted by Gasteiger charge is -2.35. The van der Waals surface area contributed by atoms with Crippen LogP contribution in [0.25, 0.3) is 42.4 Å². The van der Waals surface area contributed by atoms with E-state index in [1.807, 2.05) is 11.3 Å². The highest BCUT2D eigenvalue weighted by Crippen LogP contribution is 2.60. The summed E-state index contributed by atoms with van der Waals surface area (Å²) in [6.07, 6.45) is 0. The number of hydrogen-bond donors (Lipinski definition) is 0. The Balaban J connectivity index is 1.31. The van der Waals surface area contributed by atoms with Gasteiger partial charge in [-0.05, 0) is 64.2 Å². The van der Waals surface area contributed by atoms with E-state index in [9.17, 15) is 0 Å². The molecule has 1 aliphatic carbocycles. The van der Waals surface area contributed by atoms with Crippen molar-refractivity contribution >= 4 is 48.6 Å². The lowest BCUT2D eigenvalue weighted by Crippen LogP contribution is -2.19. The second kappa shape index (κ2) is 8.58. The molecule has 0 amide bonds. The highest BCUT2D eigenvalue weighted by Gasteiger charge is 2.40. The first kappa shape index (κ1) is 23.8. The monoisotopic (exact) mass is 557 g/mol. The fourth-order valence-corrected chi connectivity index (χ4v) is 8.30. The molecule has 0 N–H and O–H groups in total. The Bertz CT molecular complexity index is 2210. The number of nitrogens with zero attached hydrogens (tertiary/aromatic N) is 1. The summed E-state index contributed by atoms with van der Waals surface area (Å²) in [7, 11) is 0. The first-order valence-electron chi connectivity index (χ1n) is 14.4. The van der Waals surface area contributed by atoms with Crippen molar-refractivity contribution in [2.24, 2.45) is 0 Å². The molecule has 3 heteroatoms. The van der Waals surface area contributed by atoms with Crippen molar-refractivity contribution in [3.8, 4) is 33.8 Å². The van der Waals surface area contributed by atoms with E-state index in [-0.39, 0.29) is 5.41 Å². The Morgan fingerprint density at radius 2 is 1.36 bits per heavy atom. The summed E-state index contributed by atoms with van der Waals surface area (Å²) in [5.41, 5.74) is 10.9. The first-order valence-corrected chi connectivity index (χ1v) is 15.3. The lowest BCUT2D eigenvalue weighted by molar-refractivity contribution is 0.477. The molecule has 2 aliphatic rings. The predicted octanol–water partition coefficient (Wildman–Crippen LogP) is 11.6. The number of benzene rings is 6. The van der Waals surface area contributed by atoms with E-state index in [1.54, 1.807) is 0 Å². The molecule has 0 bridgehead atoms. The number of fused-ring (bicyclic) bond motifs is 9. The van der Waals surface area contributed by atoms with E-state index in [1.165, 1.54) is 53.6 Å². The number of ether oxygens (including phenoxy) is 1. The average molecular weight is 558 g/mol. The third-order valence-corrected chi connectivity index (χ3v) is 10.3. The predicted molar refractivity (Wildman–Crippen MR) is 177 cm³/mol. The summed E-state index contributed by atoms with van der Waals surface area (Å²) >= 11 is 1.87. The Kier molecular flexibility index (Phi) is 4.86. The minimum atomic E-state index is -0.0950. The molecule has 0 saturated carbocycles. The summed E-state index contributed by atoms with van der Waals surface area (Å²) in [4.78, 5) is 2.42. The molecule has 2 nitrogen and oxygen atoms in total. The zero-order valence-electron chi connectivity index (χ0n) is 23.4. The number of anilines is 3. The van der Waals surface area contributed by atoms with Crippen LogP contribution in [0.1, 0.15) is 25.0 Å². The van der Waals surface area contributed by atoms with Crippen molar-refractivity contribution in [3.05, 3.63) is 139 Å². The molecule has 6 aromatic carbocycles. The van der Waals surface area contributed by atoms with Gasteiger partial charge in [-0.3, -0.25) is 0 Å². The smallest absolute Gasteiger partial charge is 0.152 e. The van der Waals surface area contributed by atoms with Crippen LogP contribution in [0.5, 0.6) is 11.5 Å². The van der Waals surface area contributed by atoms with Gasteiger partial charge >= 0.3 is 0 Å². The van der Waals surface area contributed by atoms with Gasteiger partial charge in [-0.1, -0.05) is 105 Å². The largest absolute Gasteiger partial charge is 0.453 e. The van der Waals surface area contributed by atoms with Crippen LogP contribution in [0.4, 0.5) is 17.1 Å². The van der Waals surface area contributed by atoms with Crippen LogP contribution in [0.15, 0.2) is 127 Å². The molecule has 2 heterocycles. The topological polar surface area (TPSA) is 12.5 Å². The molecule has 0 radical (unpaired) electrons. The summed E-state index contributed by atoms with van der Waals surface area (Å²) in [6.45, 7) is 4.66. The van der Waals surface area contributed by atoms with Crippen LogP contribution in [0.3, 0.4) is 0 Å². The van der Waals surface area contributed by atoms with Gasteiger partial charge in [-0.15, -0.1) is 11.3 Å². The molecular formula is C39H27NOS. The molecule has 200 valence electrons. The van der Waals surface area contributed by atoms with Gasteiger partial charge in [0.15, 0.2) is 11.5 Å². The molecule has 0 unspecified atom stereocenters. The SMILES string of the molecule is CC1(C)c2ccccc2-c2c1ccc1c2N(c2ccccc2)c2cc(-c3cccc4c3sc3ccccc34)ccc2O1. The van der Waals surface area contributed by atoms with Crippen molar-refractivity contribution in [2.75, 3.05) is 4.90 Å². The second-order valence-electron chi connectivity index (χ2n) is 11.7. The highest BCUT2D eigenvalue weighted by atomic mass is 32.1. The molecule has 0 saturated heterocycles. The van der Waals surface area contributed by atoms with E-state index >= 15 is 0 Å². The average Bonchev–Trinajstić information content (AvgIpc) is 3.52. The molecule has 1 aliphatic heterocycles. The standard InChI is InChI=1S/C39H27NOS/c1-39(2)30-17-8-6-14-29(30)36-31(39)20-22-34-37(36)40(25-11-4-3-5-12-25)32-23-24(19-21-33(32)41-34)26-15-10-16-28-27-13-7-9-18-35(27)42-38(26)28/h3-23H,1-2H3. The van der Waals surface area contributed by atoms with Gasteiger partial charge in [0.1, 0.15) is 0 Å². The van der Waals surface area contributed by atoms with E-state index in [0.29, 0.717) is 0 Å². The van der Waals surface area contributed by atoms with Crippen LogP contribution < -0.4 is 9.64 Å². The summed E-state index contributed by atoms with van der Waals surface area (Å²) in [5.74, 6) is 1.75. The number of thiophene rings is 1. The molecule has 7 aromatic rings. The quantitative estimate of drug-likeness (QED) is 0.210. The maximum Gasteiger partial charge on any atom is 0.152 e. The van der Waals surface area contributed by atoms with Gasteiger partial charge in [0.05, 0.1) is 11.4 Å². The molecule has 0 fully saturated rings. The van der Waals surface area contributed by atoms with Crippen LogP contribution in [-0.2, 0) is 5.41 Å². The Morgan fingerprint density at radius 3 is 2.26 bits per heavy atom. The van der Waals surface area contributed by atoms with Crippen LogP contribution >= 0.6 is 11.3 Å². The minimum Gasteiger partial charge on any atom is -0.453 e. The zero-order chi connectivity index (χ0) is 28.0. The normalized spacial score (nSPS) is 14.3. The Labute approximate surface area is 249 Å². The van der Waals surface area contributed by atoms with Crippen LogP contribution in [0, 0.1) is 0 Å². The van der Waals surface area contributed by atoms with Crippen molar-refractivity contribution in [2.45, 2.75) is 19.3 Å². The van der Waals surface area contributed by atoms with Crippen molar-refractivity contribution < 1.29 is 4.74 Å². The van der Waals surface area contributed by atoms with Gasteiger partial charge in [-0.25, -0.2) is 0 Å². The minimum absolute atomic E-state index is 0.0950. The molecule has 0 spiro atoms. The summed E-state index contributed by atoms with van der Waals surface area (Å²) < 4.78 is 9.36. The lowest BCUT2D eigenvalue weighted by atomic mass is 9.82. The fourth-order valence-electron chi connectivity index (χ4n) is 7.07. The van der Waals surface area contributed by atoms with E-state index in [0.717, 1.165) is 28.6 Å². The van der Waals surface area contributed by atoms with E-state index in [2.05, 4.69) is 146 Å². The molecular weight excluding hydrogens is 531 g/mol. The summed E-state index contributed by atoms with van der Waals surface area (Å²) in [6, 6.07) is 46.0. The van der Waals surface area contributed by atoms with Gasteiger partial charge in [-0.2, -0.15) is 0 Å². The highest BCUT2D eigenvalue weighted by molar-refractivity contribution is 7.26. The summed E-state index contributed by atoms with van der Waals surface area (Å²) in [5, 5.41) is 2.63. The first-order chi connectivity index (χ1) is 20.6. The number of rotatable bonds is 2. The molecule has 42 heavy (non-hydrogen) atoms. The van der Waals surface area contributed by atoms with Crippen molar-refractivity contribution in [3.63, 3.8) is 0 Å². The van der Waals surface area contributed by atoms with Crippen molar-refractivity contribution in [1.82, 2.24) is 0 Å². The third kappa shape index (κ3) is 3.20. The maximum absolute atomic E-state index is 6.72. The van der Waals surface area contributed by atoms with Crippen molar-refractivity contribution in [1.29, 1.82) is 0 Å². The molecule has 0 atom stereocenters. The molecule has 9 rings (SSSR count).